The van der Waals surface area contributed by atoms with Crippen molar-refractivity contribution < 1.29 is 33.2 Å². The second kappa shape index (κ2) is 3.23. The molecular weight excluding hydrogens is 172 g/mol. The predicted octanol–water partition coefficient (Wildman–Crippen LogP) is -0.285. The first-order valence-electron chi connectivity index (χ1n) is 3.18. The minimum absolute atomic E-state index is 0.119. The third kappa shape index (κ3) is 1.64. The van der Waals surface area contributed by atoms with Crippen LogP contribution in [0.2, 0.25) is 0 Å². The number of carbonyl (C=O) groups excluding carboxylic acids is 1. The van der Waals surface area contributed by atoms with Crippen molar-refractivity contribution in [1.82, 2.24) is 0 Å². The van der Waals surface area contributed by atoms with Gasteiger partial charge >= 0.3 is 19.1 Å². The van der Waals surface area contributed by atoms with Crippen LogP contribution in [0.5, 0.6) is 0 Å². The van der Waals surface area contributed by atoms with Crippen molar-refractivity contribution in [3.63, 3.8) is 0 Å². The second-order valence-electron chi connectivity index (χ2n) is 1.97. The molecule has 68 valence electrons. The molecule has 0 unspecified atom stereocenters. The number of carbonyl (C=O) groups is 1. The lowest BCUT2D eigenvalue weighted by atomic mass is 11.0. The zero-order chi connectivity index (χ0) is 8.39. The minimum atomic E-state index is -0.961. The summed E-state index contributed by atoms with van der Waals surface area (Å²) in [5.41, 5.74) is 0. The summed E-state index contributed by atoms with van der Waals surface area (Å²) in [5, 5.41) is 0. The Labute approximate surface area is 67.0 Å². The highest BCUT2D eigenvalue weighted by Crippen LogP contribution is 2.13. The van der Waals surface area contributed by atoms with E-state index < -0.39 is 19.1 Å². The van der Waals surface area contributed by atoms with Gasteiger partial charge in [-0.3, -0.25) is 18.9 Å². The summed E-state index contributed by atoms with van der Waals surface area (Å²) in [5.74, 6) is 0. The number of rotatable bonds is 2. The van der Waals surface area contributed by atoms with Crippen LogP contribution in [-0.2, 0) is 28.4 Å². The van der Waals surface area contributed by atoms with Gasteiger partial charge in [0.2, 0.25) is 0 Å². The summed E-state index contributed by atoms with van der Waals surface area (Å²) >= 11 is 0. The molecule has 0 aliphatic carbocycles. The first kappa shape index (κ1) is 7.74. The van der Waals surface area contributed by atoms with E-state index in [-0.39, 0.29) is 13.6 Å². The van der Waals surface area contributed by atoms with Crippen LogP contribution in [0.4, 0.5) is 4.79 Å². The quantitative estimate of drug-likeness (QED) is 0.538. The molecule has 2 fully saturated rings. The SMILES string of the molecule is O=C(OC1OCO1)OC1OCO1. The summed E-state index contributed by atoms with van der Waals surface area (Å²) < 4.78 is 27.3. The molecule has 0 aromatic rings. The summed E-state index contributed by atoms with van der Waals surface area (Å²) in [4.78, 5) is 10.7. The number of ether oxygens (including phenoxy) is 6. The lowest BCUT2D eigenvalue weighted by molar-refractivity contribution is -0.429. The molecule has 0 atom stereocenters. The first-order chi connectivity index (χ1) is 5.84. The third-order valence-electron chi connectivity index (χ3n) is 1.20. The summed E-state index contributed by atoms with van der Waals surface area (Å²) in [6.07, 6.45) is -0.954. The second-order valence-corrected chi connectivity index (χ2v) is 1.97. The summed E-state index contributed by atoms with van der Waals surface area (Å²) in [6, 6.07) is 0. The average Bonchev–Trinajstić information content (AvgIpc) is 1.89. The largest absolute Gasteiger partial charge is 0.516 e. The molecular formula is C5H6O7. The van der Waals surface area contributed by atoms with Crippen LogP contribution in [0.25, 0.3) is 0 Å². The Morgan fingerprint density at radius 1 is 1.00 bits per heavy atom. The van der Waals surface area contributed by atoms with E-state index in [0.717, 1.165) is 0 Å². The van der Waals surface area contributed by atoms with Crippen molar-refractivity contribution in [2.45, 2.75) is 13.0 Å². The third-order valence-corrected chi connectivity index (χ3v) is 1.20. The van der Waals surface area contributed by atoms with Crippen LogP contribution < -0.4 is 0 Å². The molecule has 0 spiro atoms. The molecule has 2 rings (SSSR count). The van der Waals surface area contributed by atoms with E-state index in [9.17, 15) is 4.79 Å². The van der Waals surface area contributed by atoms with Crippen LogP contribution in [0.15, 0.2) is 0 Å². The van der Waals surface area contributed by atoms with Gasteiger partial charge in [-0.25, -0.2) is 4.79 Å². The van der Waals surface area contributed by atoms with Crippen LogP contribution in [0.3, 0.4) is 0 Å². The molecule has 2 aliphatic heterocycles. The Hall–Kier alpha value is -0.890. The molecule has 0 radical (unpaired) electrons. The molecule has 2 aliphatic rings. The van der Waals surface area contributed by atoms with Crippen molar-refractivity contribution in [1.29, 1.82) is 0 Å². The van der Waals surface area contributed by atoms with Gasteiger partial charge in [-0.1, -0.05) is 0 Å². The van der Waals surface area contributed by atoms with E-state index in [4.69, 9.17) is 0 Å². The minimum Gasteiger partial charge on any atom is -0.378 e. The van der Waals surface area contributed by atoms with Gasteiger partial charge in [0, 0.05) is 0 Å². The number of hydrogen-bond acceptors (Lipinski definition) is 7. The van der Waals surface area contributed by atoms with Crippen molar-refractivity contribution in [3.8, 4) is 0 Å². The van der Waals surface area contributed by atoms with Crippen LogP contribution in [0.1, 0.15) is 0 Å². The van der Waals surface area contributed by atoms with Gasteiger partial charge in [0.05, 0.1) is 0 Å². The molecule has 0 bridgehead atoms. The molecule has 0 amide bonds. The molecule has 2 saturated heterocycles. The zero-order valence-corrected chi connectivity index (χ0v) is 5.93. The maximum absolute atomic E-state index is 10.7. The highest BCUT2D eigenvalue weighted by molar-refractivity contribution is 5.59. The van der Waals surface area contributed by atoms with Crippen molar-refractivity contribution in [2.24, 2.45) is 0 Å². The van der Waals surface area contributed by atoms with E-state index in [1.807, 2.05) is 0 Å². The van der Waals surface area contributed by atoms with Crippen LogP contribution in [-0.4, -0.2) is 32.7 Å². The standard InChI is InChI=1S/C5H6O7/c6-3(11-4-7-1-8-4)12-5-9-2-10-5/h4-5H,1-2H2. The molecule has 0 N–H and O–H groups in total. The fraction of sp³-hybridized carbons (Fsp3) is 0.800. The van der Waals surface area contributed by atoms with Crippen molar-refractivity contribution >= 4 is 6.16 Å². The fourth-order valence-corrected chi connectivity index (χ4v) is 0.568. The monoisotopic (exact) mass is 178 g/mol. The Morgan fingerprint density at radius 2 is 1.42 bits per heavy atom. The smallest absolute Gasteiger partial charge is 0.378 e. The Bertz CT molecular complexity index is 155. The van der Waals surface area contributed by atoms with E-state index >= 15 is 0 Å². The zero-order valence-electron chi connectivity index (χ0n) is 5.93. The van der Waals surface area contributed by atoms with Gasteiger partial charge in [0.15, 0.2) is 13.6 Å². The summed E-state index contributed by atoms with van der Waals surface area (Å²) in [7, 11) is 0. The first-order valence-corrected chi connectivity index (χ1v) is 3.18. The van der Waals surface area contributed by atoms with E-state index in [0.29, 0.717) is 0 Å². The van der Waals surface area contributed by atoms with Gasteiger partial charge in [-0.2, -0.15) is 0 Å². The molecule has 12 heavy (non-hydrogen) atoms. The van der Waals surface area contributed by atoms with Gasteiger partial charge < -0.3 is 9.47 Å². The van der Waals surface area contributed by atoms with Gasteiger partial charge in [-0.15, -0.1) is 0 Å². The Kier molecular flexibility index (Phi) is 2.09. The normalized spacial score (nSPS) is 24.0. The molecule has 0 saturated carbocycles. The Balaban J connectivity index is 1.62. The molecule has 7 nitrogen and oxygen atoms in total. The molecule has 0 aromatic carbocycles. The van der Waals surface area contributed by atoms with Gasteiger partial charge in [0.1, 0.15) is 0 Å². The van der Waals surface area contributed by atoms with E-state index in [1.54, 1.807) is 0 Å². The van der Waals surface area contributed by atoms with E-state index in [2.05, 4.69) is 28.4 Å². The lowest BCUT2D eigenvalue weighted by Crippen LogP contribution is -2.39. The maximum atomic E-state index is 10.7. The molecule has 7 heteroatoms. The van der Waals surface area contributed by atoms with Crippen molar-refractivity contribution in [3.05, 3.63) is 0 Å². The highest BCUT2D eigenvalue weighted by atomic mass is 17.0. The van der Waals surface area contributed by atoms with E-state index in [1.165, 1.54) is 0 Å². The maximum Gasteiger partial charge on any atom is 0.516 e. The van der Waals surface area contributed by atoms with Crippen molar-refractivity contribution in [2.75, 3.05) is 13.6 Å². The predicted molar refractivity (Wildman–Crippen MR) is 29.2 cm³/mol. The highest BCUT2D eigenvalue weighted by Gasteiger charge is 2.29. The van der Waals surface area contributed by atoms with Crippen LogP contribution in [0, 0.1) is 0 Å². The lowest BCUT2D eigenvalue weighted by Gasteiger charge is -2.28. The molecule has 0 aromatic heterocycles. The number of hydrogen-bond donors (Lipinski definition) is 0. The fourth-order valence-electron chi connectivity index (χ4n) is 0.568. The van der Waals surface area contributed by atoms with Gasteiger partial charge in [-0.05, 0) is 0 Å². The topological polar surface area (TPSA) is 72.5 Å². The average molecular weight is 178 g/mol. The Morgan fingerprint density at radius 3 is 1.67 bits per heavy atom. The summed E-state index contributed by atoms with van der Waals surface area (Å²) in [6.45, 7) is -1.68. The van der Waals surface area contributed by atoms with Crippen LogP contribution >= 0.6 is 0 Å². The van der Waals surface area contributed by atoms with Gasteiger partial charge in [0.25, 0.3) is 0 Å². The molecule has 2 heterocycles.